The molecule has 6 nitrogen and oxygen atoms in total. The van der Waals surface area contributed by atoms with Gasteiger partial charge < -0.3 is 14.9 Å². The van der Waals surface area contributed by atoms with E-state index in [-0.39, 0.29) is 18.4 Å². The number of hydrogen-bond donors (Lipinski definition) is 1. The number of rotatable bonds is 5. The minimum absolute atomic E-state index is 0.0929. The van der Waals surface area contributed by atoms with Crippen LogP contribution in [0.1, 0.15) is 30.1 Å². The number of likely N-dealkylation sites (N-methyl/N-ethyl adjacent to an activating group) is 1. The van der Waals surface area contributed by atoms with Crippen molar-refractivity contribution >= 4 is 41.0 Å². The van der Waals surface area contributed by atoms with Gasteiger partial charge in [0.2, 0.25) is 5.91 Å². The van der Waals surface area contributed by atoms with Crippen LogP contribution in [0.25, 0.3) is 0 Å². The standard InChI is InChI=1S/C17H20Cl2N2O4/c1-10(17(24)25)9-20(2)16(23)14-4-3-5-21(14)15(22)11-6-12(18)8-13(19)7-11/h6-8,10,14H,3-5,9H2,1-2H3,(H,24,25). The minimum atomic E-state index is -0.965. The molecule has 0 radical (unpaired) electrons. The van der Waals surface area contributed by atoms with Crippen LogP contribution in [-0.2, 0) is 9.59 Å². The highest BCUT2D eigenvalue weighted by Crippen LogP contribution is 2.25. The van der Waals surface area contributed by atoms with E-state index >= 15 is 0 Å². The molecule has 2 amide bonds. The third kappa shape index (κ3) is 4.64. The van der Waals surface area contributed by atoms with Gasteiger partial charge in [-0.2, -0.15) is 0 Å². The summed E-state index contributed by atoms with van der Waals surface area (Å²) in [6.45, 7) is 2.09. The van der Waals surface area contributed by atoms with Crippen molar-refractivity contribution in [2.45, 2.75) is 25.8 Å². The van der Waals surface area contributed by atoms with E-state index in [0.717, 1.165) is 0 Å². The molecule has 1 aromatic carbocycles. The summed E-state index contributed by atoms with van der Waals surface area (Å²) in [6.07, 6.45) is 1.25. The van der Waals surface area contributed by atoms with Crippen molar-refractivity contribution in [2.24, 2.45) is 5.92 Å². The van der Waals surface area contributed by atoms with Crippen molar-refractivity contribution in [3.05, 3.63) is 33.8 Å². The van der Waals surface area contributed by atoms with Crippen LogP contribution in [0, 0.1) is 5.92 Å². The van der Waals surface area contributed by atoms with Gasteiger partial charge in [0, 0.05) is 35.7 Å². The van der Waals surface area contributed by atoms with Gasteiger partial charge in [0.05, 0.1) is 5.92 Å². The highest BCUT2D eigenvalue weighted by molar-refractivity contribution is 6.35. The smallest absolute Gasteiger partial charge is 0.308 e. The molecular formula is C17H20Cl2N2O4. The van der Waals surface area contributed by atoms with Crippen LogP contribution in [0.4, 0.5) is 0 Å². The summed E-state index contributed by atoms with van der Waals surface area (Å²) in [5, 5.41) is 9.70. The SMILES string of the molecule is CC(CN(C)C(=O)C1CCCN1C(=O)c1cc(Cl)cc(Cl)c1)C(=O)O. The summed E-state index contributed by atoms with van der Waals surface area (Å²) >= 11 is 11.9. The lowest BCUT2D eigenvalue weighted by atomic mass is 10.1. The molecule has 0 aliphatic carbocycles. The van der Waals surface area contributed by atoms with Gasteiger partial charge in [0.25, 0.3) is 5.91 Å². The quantitative estimate of drug-likeness (QED) is 0.843. The van der Waals surface area contributed by atoms with Gasteiger partial charge in [-0.1, -0.05) is 30.1 Å². The third-order valence-electron chi connectivity index (χ3n) is 4.25. The van der Waals surface area contributed by atoms with Gasteiger partial charge in [-0.15, -0.1) is 0 Å². The van der Waals surface area contributed by atoms with E-state index in [9.17, 15) is 14.4 Å². The Morgan fingerprint density at radius 3 is 2.44 bits per heavy atom. The zero-order chi connectivity index (χ0) is 18.7. The normalized spacial score (nSPS) is 18.1. The highest BCUT2D eigenvalue weighted by Gasteiger charge is 2.36. The van der Waals surface area contributed by atoms with E-state index in [2.05, 4.69) is 0 Å². The number of carboxylic acids is 1. The van der Waals surface area contributed by atoms with Crippen molar-refractivity contribution in [1.29, 1.82) is 0 Å². The fourth-order valence-corrected chi connectivity index (χ4v) is 3.47. The number of aliphatic carboxylic acids is 1. The number of carbonyl (C=O) groups is 3. The molecule has 1 saturated heterocycles. The maximum Gasteiger partial charge on any atom is 0.308 e. The summed E-state index contributed by atoms with van der Waals surface area (Å²) in [5.74, 6) is -2.20. The molecule has 1 N–H and O–H groups in total. The average Bonchev–Trinajstić information content (AvgIpc) is 3.01. The van der Waals surface area contributed by atoms with Crippen LogP contribution in [0.5, 0.6) is 0 Å². The average molecular weight is 387 g/mol. The maximum absolute atomic E-state index is 12.8. The summed E-state index contributed by atoms with van der Waals surface area (Å²) in [5.41, 5.74) is 0.332. The first kappa shape index (κ1) is 19.5. The summed E-state index contributed by atoms with van der Waals surface area (Å²) < 4.78 is 0. The largest absolute Gasteiger partial charge is 0.481 e. The van der Waals surface area contributed by atoms with E-state index in [0.29, 0.717) is 35.0 Å². The second kappa shape index (κ2) is 8.06. The first-order valence-corrected chi connectivity index (χ1v) is 8.71. The Balaban J connectivity index is 2.14. The third-order valence-corrected chi connectivity index (χ3v) is 4.69. The van der Waals surface area contributed by atoms with Crippen molar-refractivity contribution in [1.82, 2.24) is 9.80 Å². The number of carbonyl (C=O) groups excluding carboxylic acids is 2. The predicted molar refractivity (Wildman–Crippen MR) is 95.0 cm³/mol. The minimum Gasteiger partial charge on any atom is -0.481 e. The molecule has 1 aliphatic rings. The molecule has 0 saturated carbocycles. The zero-order valence-electron chi connectivity index (χ0n) is 14.0. The zero-order valence-corrected chi connectivity index (χ0v) is 15.5. The molecule has 25 heavy (non-hydrogen) atoms. The summed E-state index contributed by atoms with van der Waals surface area (Å²) in [4.78, 5) is 39.3. The van der Waals surface area contributed by atoms with Gasteiger partial charge in [-0.3, -0.25) is 14.4 Å². The van der Waals surface area contributed by atoms with Crippen LogP contribution in [0.3, 0.4) is 0 Å². The van der Waals surface area contributed by atoms with Crippen LogP contribution in [0.15, 0.2) is 18.2 Å². The molecule has 1 aromatic rings. The van der Waals surface area contributed by atoms with E-state index in [1.165, 1.54) is 34.9 Å². The number of nitrogens with zero attached hydrogens (tertiary/aromatic N) is 2. The van der Waals surface area contributed by atoms with Crippen molar-refractivity contribution in [3.63, 3.8) is 0 Å². The predicted octanol–water partition coefficient (Wildman–Crippen LogP) is 2.78. The fourth-order valence-electron chi connectivity index (χ4n) is 2.94. The van der Waals surface area contributed by atoms with E-state index in [1.54, 1.807) is 7.05 Å². The molecule has 2 atom stereocenters. The number of amides is 2. The topological polar surface area (TPSA) is 77.9 Å². The van der Waals surface area contributed by atoms with Crippen molar-refractivity contribution < 1.29 is 19.5 Å². The number of carboxylic acid groups (broad SMARTS) is 1. The van der Waals surface area contributed by atoms with Gasteiger partial charge in [-0.25, -0.2) is 0 Å². The van der Waals surface area contributed by atoms with Crippen LogP contribution < -0.4 is 0 Å². The first-order chi connectivity index (χ1) is 11.7. The second-order valence-electron chi connectivity index (χ2n) is 6.27. The van der Waals surface area contributed by atoms with Gasteiger partial charge in [-0.05, 0) is 31.0 Å². The molecule has 8 heteroatoms. The Morgan fingerprint density at radius 2 is 1.88 bits per heavy atom. The van der Waals surface area contributed by atoms with E-state index < -0.39 is 17.9 Å². The lowest BCUT2D eigenvalue weighted by Crippen LogP contribution is -2.48. The van der Waals surface area contributed by atoms with Gasteiger partial charge >= 0.3 is 5.97 Å². The Bertz CT molecular complexity index is 675. The van der Waals surface area contributed by atoms with Crippen molar-refractivity contribution in [3.8, 4) is 0 Å². The molecular weight excluding hydrogens is 367 g/mol. The highest BCUT2D eigenvalue weighted by atomic mass is 35.5. The molecule has 0 bridgehead atoms. The number of benzene rings is 1. The fraction of sp³-hybridized carbons (Fsp3) is 0.471. The molecule has 1 aliphatic heterocycles. The first-order valence-electron chi connectivity index (χ1n) is 7.95. The number of halogens is 2. The molecule has 0 spiro atoms. The molecule has 136 valence electrons. The Morgan fingerprint density at radius 1 is 1.28 bits per heavy atom. The second-order valence-corrected chi connectivity index (χ2v) is 7.15. The maximum atomic E-state index is 12.8. The van der Waals surface area contributed by atoms with Gasteiger partial charge in [0.1, 0.15) is 6.04 Å². The molecule has 0 aromatic heterocycles. The van der Waals surface area contributed by atoms with E-state index in [1.807, 2.05) is 0 Å². The van der Waals surface area contributed by atoms with Crippen LogP contribution in [0.2, 0.25) is 10.0 Å². The summed E-state index contributed by atoms with van der Waals surface area (Å²) in [6, 6.07) is 3.97. The van der Waals surface area contributed by atoms with Crippen molar-refractivity contribution in [2.75, 3.05) is 20.1 Å². The van der Waals surface area contributed by atoms with Crippen LogP contribution in [-0.4, -0.2) is 58.9 Å². The number of likely N-dealkylation sites (tertiary alicyclic amines) is 1. The lowest BCUT2D eigenvalue weighted by Gasteiger charge is -2.29. The number of hydrogen-bond acceptors (Lipinski definition) is 3. The summed E-state index contributed by atoms with van der Waals surface area (Å²) in [7, 11) is 1.55. The Hall–Kier alpha value is -1.79. The Kier molecular flexibility index (Phi) is 6.30. The molecule has 1 heterocycles. The van der Waals surface area contributed by atoms with E-state index in [4.69, 9.17) is 28.3 Å². The van der Waals surface area contributed by atoms with Gasteiger partial charge in [0.15, 0.2) is 0 Å². The monoisotopic (exact) mass is 386 g/mol. The Labute approximate surface area is 156 Å². The lowest BCUT2D eigenvalue weighted by molar-refractivity contribution is -0.143. The van der Waals surface area contributed by atoms with Crippen LogP contribution >= 0.6 is 23.2 Å². The molecule has 2 rings (SSSR count). The molecule has 2 unspecified atom stereocenters. The molecule has 1 fully saturated rings.